The second kappa shape index (κ2) is 6.34. The van der Waals surface area contributed by atoms with Gasteiger partial charge in [-0.15, -0.1) is 0 Å². The molecule has 2 atom stereocenters. The van der Waals surface area contributed by atoms with Crippen LogP contribution in [0.3, 0.4) is 0 Å². The number of methoxy groups -OCH3 is 1. The van der Waals surface area contributed by atoms with E-state index >= 15 is 0 Å². The Kier molecular flexibility index (Phi) is 4.78. The molecule has 18 heavy (non-hydrogen) atoms. The lowest BCUT2D eigenvalue weighted by molar-refractivity contribution is 0.156. The topological polar surface area (TPSA) is 44.5 Å². The van der Waals surface area contributed by atoms with Crippen molar-refractivity contribution < 1.29 is 9.47 Å². The number of nitrogens with two attached hydrogens (primary N) is 1. The molecule has 1 unspecified atom stereocenters. The van der Waals surface area contributed by atoms with Gasteiger partial charge in [0.05, 0.1) is 7.11 Å². The summed E-state index contributed by atoms with van der Waals surface area (Å²) in [5, 5.41) is 0. The Morgan fingerprint density at radius 3 is 3.06 bits per heavy atom. The number of thioether (sulfide) groups is 1. The van der Waals surface area contributed by atoms with Crippen LogP contribution >= 0.6 is 11.8 Å². The highest BCUT2D eigenvalue weighted by atomic mass is 32.2. The quantitative estimate of drug-likeness (QED) is 0.833. The number of hydrogen-bond acceptors (Lipinski definition) is 4. The summed E-state index contributed by atoms with van der Waals surface area (Å²) in [5.41, 5.74) is 7.29. The number of ether oxygens (including phenoxy) is 2. The molecule has 2 N–H and O–H groups in total. The standard InChI is InChI=1S/C14H21NO2S/c1-3-18-7-6-11-9-13(15)12-8-10(16-2)4-5-14(12)17-11/h4-5,8,11,13H,3,6-7,9,15H2,1-2H3/t11?,13-/m0/s1. The van der Waals surface area contributed by atoms with Crippen molar-refractivity contribution in [3.05, 3.63) is 23.8 Å². The fraction of sp³-hybridized carbons (Fsp3) is 0.571. The van der Waals surface area contributed by atoms with Crippen molar-refractivity contribution in [1.29, 1.82) is 0 Å². The first-order valence-electron chi connectivity index (χ1n) is 6.42. The Balaban J connectivity index is 2.04. The molecule has 0 spiro atoms. The highest BCUT2D eigenvalue weighted by Gasteiger charge is 2.25. The van der Waals surface area contributed by atoms with Crippen molar-refractivity contribution in [2.75, 3.05) is 18.6 Å². The summed E-state index contributed by atoms with van der Waals surface area (Å²) < 4.78 is 11.2. The second-order valence-corrected chi connectivity index (χ2v) is 5.87. The van der Waals surface area contributed by atoms with E-state index in [2.05, 4.69) is 6.92 Å². The minimum Gasteiger partial charge on any atom is -0.497 e. The third-order valence-corrected chi connectivity index (χ3v) is 4.15. The maximum atomic E-state index is 6.22. The van der Waals surface area contributed by atoms with E-state index in [1.165, 1.54) is 0 Å². The van der Waals surface area contributed by atoms with E-state index in [4.69, 9.17) is 15.2 Å². The molecule has 0 amide bonds. The first-order valence-corrected chi connectivity index (χ1v) is 7.58. The van der Waals surface area contributed by atoms with Crippen LogP contribution in [0.25, 0.3) is 0 Å². The van der Waals surface area contributed by atoms with Crippen molar-refractivity contribution >= 4 is 11.8 Å². The number of hydrogen-bond donors (Lipinski definition) is 1. The number of rotatable bonds is 5. The highest BCUT2D eigenvalue weighted by molar-refractivity contribution is 7.99. The van der Waals surface area contributed by atoms with Crippen molar-refractivity contribution in [3.63, 3.8) is 0 Å². The molecule has 1 aromatic rings. The van der Waals surface area contributed by atoms with Crippen LogP contribution in [-0.2, 0) is 0 Å². The molecule has 0 saturated heterocycles. The lowest BCUT2D eigenvalue weighted by Crippen LogP contribution is -2.30. The first kappa shape index (κ1) is 13.6. The van der Waals surface area contributed by atoms with Crippen LogP contribution in [0.5, 0.6) is 11.5 Å². The Morgan fingerprint density at radius 2 is 2.33 bits per heavy atom. The van der Waals surface area contributed by atoms with Crippen molar-refractivity contribution in [2.24, 2.45) is 5.73 Å². The average molecular weight is 267 g/mol. The van der Waals surface area contributed by atoms with Crippen molar-refractivity contribution in [2.45, 2.75) is 31.9 Å². The molecule has 1 aromatic carbocycles. The summed E-state index contributed by atoms with van der Waals surface area (Å²) in [7, 11) is 1.67. The van der Waals surface area contributed by atoms with Crippen LogP contribution in [0, 0.1) is 0 Å². The van der Waals surface area contributed by atoms with Crippen LogP contribution < -0.4 is 15.2 Å². The van der Waals surface area contributed by atoms with Gasteiger partial charge in [-0.2, -0.15) is 11.8 Å². The van der Waals surface area contributed by atoms with E-state index in [9.17, 15) is 0 Å². The molecule has 0 aromatic heterocycles. The molecule has 100 valence electrons. The van der Waals surface area contributed by atoms with Crippen LogP contribution in [-0.4, -0.2) is 24.7 Å². The fourth-order valence-electron chi connectivity index (χ4n) is 2.22. The van der Waals surface area contributed by atoms with Gasteiger partial charge >= 0.3 is 0 Å². The summed E-state index contributed by atoms with van der Waals surface area (Å²) in [6.45, 7) is 2.18. The maximum Gasteiger partial charge on any atom is 0.124 e. The van der Waals surface area contributed by atoms with Gasteiger partial charge in [-0.3, -0.25) is 0 Å². The molecule has 1 aliphatic heterocycles. The second-order valence-electron chi connectivity index (χ2n) is 4.47. The normalized spacial score (nSPS) is 22.2. The van der Waals surface area contributed by atoms with Gasteiger partial charge in [0.1, 0.15) is 17.6 Å². The molecule has 0 saturated carbocycles. The van der Waals surface area contributed by atoms with E-state index in [1.54, 1.807) is 7.11 Å². The predicted octanol–water partition coefficient (Wildman–Crippen LogP) is 2.99. The Hall–Kier alpha value is -0.870. The van der Waals surface area contributed by atoms with E-state index in [-0.39, 0.29) is 12.1 Å². The molecule has 3 nitrogen and oxygen atoms in total. The van der Waals surface area contributed by atoms with Gasteiger partial charge in [0, 0.05) is 18.0 Å². The Labute approximate surface area is 113 Å². The number of fused-ring (bicyclic) bond motifs is 1. The summed E-state index contributed by atoms with van der Waals surface area (Å²) in [4.78, 5) is 0. The minimum atomic E-state index is 0.0560. The minimum absolute atomic E-state index is 0.0560. The van der Waals surface area contributed by atoms with Gasteiger partial charge in [-0.1, -0.05) is 6.92 Å². The van der Waals surface area contributed by atoms with E-state index < -0.39 is 0 Å². The Morgan fingerprint density at radius 1 is 1.50 bits per heavy atom. The number of benzene rings is 1. The lowest BCUT2D eigenvalue weighted by Gasteiger charge is -2.30. The van der Waals surface area contributed by atoms with E-state index in [1.807, 2.05) is 30.0 Å². The molecule has 1 aliphatic rings. The van der Waals surface area contributed by atoms with Gasteiger partial charge in [0.15, 0.2) is 0 Å². The molecule has 4 heteroatoms. The van der Waals surface area contributed by atoms with Gasteiger partial charge in [-0.25, -0.2) is 0 Å². The van der Waals surface area contributed by atoms with Crippen molar-refractivity contribution in [1.82, 2.24) is 0 Å². The maximum absolute atomic E-state index is 6.22. The highest BCUT2D eigenvalue weighted by Crippen LogP contribution is 2.36. The predicted molar refractivity (Wildman–Crippen MR) is 76.6 cm³/mol. The molecule has 1 heterocycles. The van der Waals surface area contributed by atoms with Crippen LogP contribution in [0.2, 0.25) is 0 Å². The fourth-order valence-corrected chi connectivity index (χ4v) is 2.94. The molecule has 0 fully saturated rings. The monoisotopic (exact) mass is 267 g/mol. The molecule has 0 radical (unpaired) electrons. The summed E-state index contributed by atoms with van der Waals surface area (Å²) >= 11 is 1.95. The molecule has 0 aliphatic carbocycles. The Bertz CT molecular complexity index is 397. The summed E-state index contributed by atoms with van der Waals surface area (Å²) in [6.07, 6.45) is 2.21. The van der Waals surface area contributed by atoms with E-state index in [0.717, 1.165) is 41.4 Å². The summed E-state index contributed by atoms with van der Waals surface area (Å²) in [5.74, 6) is 4.06. The smallest absolute Gasteiger partial charge is 0.124 e. The van der Waals surface area contributed by atoms with Gasteiger partial charge in [-0.05, 0) is 36.1 Å². The zero-order valence-electron chi connectivity index (χ0n) is 11.0. The average Bonchev–Trinajstić information content (AvgIpc) is 2.39. The van der Waals surface area contributed by atoms with Crippen LogP contribution in [0.4, 0.5) is 0 Å². The largest absolute Gasteiger partial charge is 0.497 e. The first-order chi connectivity index (χ1) is 8.74. The van der Waals surface area contributed by atoms with Crippen LogP contribution in [0.1, 0.15) is 31.4 Å². The third kappa shape index (κ3) is 3.12. The lowest BCUT2D eigenvalue weighted by atomic mass is 9.96. The zero-order valence-corrected chi connectivity index (χ0v) is 11.8. The molecule has 2 rings (SSSR count). The van der Waals surface area contributed by atoms with Gasteiger partial charge < -0.3 is 15.2 Å². The molecular weight excluding hydrogens is 246 g/mol. The van der Waals surface area contributed by atoms with Crippen LogP contribution in [0.15, 0.2) is 18.2 Å². The third-order valence-electron chi connectivity index (χ3n) is 3.22. The molecular formula is C14H21NO2S. The SMILES string of the molecule is CCSCCC1C[C@H](N)c2cc(OC)ccc2O1. The summed E-state index contributed by atoms with van der Waals surface area (Å²) in [6, 6.07) is 5.93. The zero-order chi connectivity index (χ0) is 13.0. The van der Waals surface area contributed by atoms with Crippen molar-refractivity contribution in [3.8, 4) is 11.5 Å². The molecule has 0 bridgehead atoms. The van der Waals surface area contributed by atoms with Gasteiger partial charge in [0.25, 0.3) is 0 Å². The van der Waals surface area contributed by atoms with Gasteiger partial charge in [0.2, 0.25) is 0 Å². The van der Waals surface area contributed by atoms with E-state index in [0.29, 0.717) is 0 Å².